The molecule has 1 nitrogen and oxygen atoms in total. The molecule has 1 aliphatic carbocycles. The van der Waals surface area contributed by atoms with Crippen molar-refractivity contribution in [1.82, 2.24) is 0 Å². The molecule has 0 heterocycles. The van der Waals surface area contributed by atoms with Crippen LogP contribution in [0.2, 0.25) is 41.3 Å². The van der Waals surface area contributed by atoms with Crippen molar-refractivity contribution < 1.29 is 30.8 Å². The summed E-state index contributed by atoms with van der Waals surface area (Å²) in [5.41, 5.74) is -2.47. The zero-order valence-electron chi connectivity index (χ0n) is 22.8. The molecule has 1 aromatic carbocycles. The second kappa shape index (κ2) is 12.1. The summed E-state index contributed by atoms with van der Waals surface area (Å²) in [4.78, 5) is 0. The molecule has 0 radical (unpaired) electrons. The van der Waals surface area contributed by atoms with Gasteiger partial charge in [-0.25, -0.2) is 22.0 Å². The molecule has 1 aromatic rings. The summed E-state index contributed by atoms with van der Waals surface area (Å²) in [6, 6.07) is 5.39. The van der Waals surface area contributed by atoms with E-state index in [0.717, 1.165) is 49.9 Å². The normalized spacial score (nSPS) is 18.0. The topological polar surface area (TPSA) is 9.23 Å². The molecule has 0 aliphatic heterocycles. The van der Waals surface area contributed by atoms with Crippen LogP contribution in [0.3, 0.4) is 0 Å². The standard InChI is InChI=1S/C27H42F6OSi2/c1-8-12-13-14-15-36(27(5,6)7,17-16-35(9-2,10-3)11-4)34-26-23(31)19-18(22(30)25(26)33)20(28)24(32)21(19)29/h20H,8-17H2,1-7H3. The van der Waals surface area contributed by atoms with Crippen molar-refractivity contribution in [2.24, 2.45) is 0 Å². The maximum Gasteiger partial charge on any atom is 0.256 e. The summed E-state index contributed by atoms with van der Waals surface area (Å²) in [6.07, 6.45) is 0.876. The van der Waals surface area contributed by atoms with Crippen LogP contribution in [0.15, 0.2) is 5.83 Å². The number of rotatable bonds is 13. The van der Waals surface area contributed by atoms with Gasteiger partial charge in [-0.2, -0.15) is 4.39 Å². The molecule has 0 spiro atoms. The zero-order chi connectivity index (χ0) is 27.5. The Morgan fingerprint density at radius 1 is 0.750 bits per heavy atom. The Morgan fingerprint density at radius 2 is 1.33 bits per heavy atom. The average Bonchev–Trinajstić information content (AvgIpc) is 3.07. The Bertz CT molecular complexity index is 947. The lowest BCUT2D eigenvalue weighted by atomic mass is 10.1. The highest BCUT2D eigenvalue weighted by molar-refractivity contribution is 6.83. The predicted molar refractivity (Wildman–Crippen MR) is 141 cm³/mol. The van der Waals surface area contributed by atoms with Crippen LogP contribution in [-0.2, 0) is 0 Å². The van der Waals surface area contributed by atoms with Crippen LogP contribution >= 0.6 is 0 Å². The lowest BCUT2D eigenvalue weighted by molar-refractivity contribution is 0.322. The summed E-state index contributed by atoms with van der Waals surface area (Å²) < 4.78 is 94.5. The van der Waals surface area contributed by atoms with Crippen LogP contribution in [0.25, 0.3) is 5.83 Å². The molecule has 0 amide bonds. The zero-order valence-corrected chi connectivity index (χ0v) is 24.8. The van der Waals surface area contributed by atoms with Gasteiger partial charge in [-0.05, 0) is 17.1 Å². The van der Waals surface area contributed by atoms with Crippen molar-refractivity contribution in [2.45, 2.75) is 122 Å². The molecule has 0 aromatic heterocycles. The Hall–Kier alpha value is -1.23. The Kier molecular flexibility index (Phi) is 10.4. The van der Waals surface area contributed by atoms with Gasteiger partial charge in [-0.1, -0.05) is 98.3 Å². The second-order valence-corrected chi connectivity index (χ2v) is 21.6. The van der Waals surface area contributed by atoms with Gasteiger partial charge in [-0.3, -0.25) is 0 Å². The first kappa shape index (κ1) is 31.0. The molecule has 0 bridgehead atoms. The molecule has 206 valence electrons. The van der Waals surface area contributed by atoms with Crippen LogP contribution in [0, 0.1) is 17.5 Å². The average molecular weight is 553 g/mol. The smallest absolute Gasteiger partial charge is 0.256 e. The van der Waals surface area contributed by atoms with E-state index < -0.39 is 73.6 Å². The summed E-state index contributed by atoms with van der Waals surface area (Å²) in [6.45, 7) is 14.6. The summed E-state index contributed by atoms with van der Waals surface area (Å²) >= 11 is 0. The van der Waals surface area contributed by atoms with Crippen molar-refractivity contribution in [2.75, 3.05) is 0 Å². The lowest BCUT2D eigenvalue weighted by Crippen LogP contribution is -2.52. The quantitative estimate of drug-likeness (QED) is 0.102. The molecule has 0 fully saturated rings. The number of hydrogen-bond donors (Lipinski definition) is 0. The number of allylic oxidation sites excluding steroid dienone is 1. The third-order valence-electron chi connectivity index (χ3n) is 8.63. The van der Waals surface area contributed by atoms with Gasteiger partial charge in [0.25, 0.3) is 8.32 Å². The van der Waals surface area contributed by atoms with Crippen LogP contribution in [0.5, 0.6) is 5.75 Å². The first-order valence-electron chi connectivity index (χ1n) is 13.3. The maximum absolute atomic E-state index is 15.5. The maximum atomic E-state index is 15.5. The number of alkyl halides is 1. The van der Waals surface area contributed by atoms with Crippen molar-refractivity contribution in [1.29, 1.82) is 0 Å². The third-order valence-corrected chi connectivity index (χ3v) is 20.5. The van der Waals surface area contributed by atoms with E-state index in [-0.39, 0.29) is 0 Å². The van der Waals surface area contributed by atoms with Gasteiger partial charge in [0.2, 0.25) is 5.82 Å². The minimum Gasteiger partial charge on any atom is -0.539 e. The SMILES string of the molecule is CCCCCC[Si](CC[Si](CC)(CC)CC)(Oc1c(F)c(F)c2c(c1F)C(F)=C(F)C2F)C(C)(C)C. The van der Waals surface area contributed by atoms with Crippen LogP contribution in [-0.4, -0.2) is 16.4 Å². The fraction of sp³-hybridized carbons (Fsp3) is 0.704. The van der Waals surface area contributed by atoms with E-state index in [1.807, 2.05) is 20.8 Å². The molecule has 9 heteroatoms. The summed E-state index contributed by atoms with van der Waals surface area (Å²) in [7, 11) is -4.69. The van der Waals surface area contributed by atoms with Gasteiger partial charge in [0.15, 0.2) is 35.2 Å². The third kappa shape index (κ3) is 5.76. The lowest BCUT2D eigenvalue weighted by Gasteiger charge is -2.44. The molecule has 0 N–H and O–H groups in total. The van der Waals surface area contributed by atoms with E-state index in [2.05, 4.69) is 27.7 Å². The van der Waals surface area contributed by atoms with Crippen molar-refractivity contribution >= 4 is 22.2 Å². The first-order valence-corrected chi connectivity index (χ1v) is 18.5. The van der Waals surface area contributed by atoms with Crippen molar-refractivity contribution in [3.05, 3.63) is 34.4 Å². The molecule has 0 saturated carbocycles. The molecular formula is C27H42F6OSi2. The number of fused-ring (bicyclic) bond motifs is 1. The highest BCUT2D eigenvalue weighted by atomic mass is 28.4. The van der Waals surface area contributed by atoms with E-state index in [4.69, 9.17) is 4.43 Å². The van der Waals surface area contributed by atoms with E-state index in [1.54, 1.807) is 0 Å². The number of benzene rings is 1. The number of hydrogen-bond acceptors (Lipinski definition) is 1. The molecule has 2 rings (SSSR count). The van der Waals surface area contributed by atoms with Gasteiger partial charge < -0.3 is 4.43 Å². The Balaban J connectivity index is 2.65. The van der Waals surface area contributed by atoms with Crippen molar-refractivity contribution in [3.8, 4) is 5.75 Å². The van der Waals surface area contributed by atoms with Gasteiger partial charge in [0.1, 0.15) is 0 Å². The Morgan fingerprint density at radius 3 is 1.83 bits per heavy atom. The summed E-state index contributed by atoms with van der Waals surface area (Å²) in [5.74, 6) is -9.87. The number of unbranched alkanes of at least 4 members (excludes halogenated alkanes) is 3. The minimum atomic E-state index is -3.06. The molecule has 2 unspecified atom stereocenters. The van der Waals surface area contributed by atoms with E-state index in [0.29, 0.717) is 12.1 Å². The van der Waals surface area contributed by atoms with Crippen molar-refractivity contribution in [3.63, 3.8) is 0 Å². The first-order chi connectivity index (χ1) is 16.8. The monoisotopic (exact) mass is 552 g/mol. The minimum absolute atomic E-state index is 0.481. The largest absolute Gasteiger partial charge is 0.539 e. The Labute approximate surface area is 214 Å². The number of halogens is 6. The van der Waals surface area contributed by atoms with Crippen LogP contribution < -0.4 is 4.43 Å². The molecule has 1 aliphatic rings. The van der Waals surface area contributed by atoms with Gasteiger partial charge in [0.05, 0.1) is 13.6 Å². The fourth-order valence-electron chi connectivity index (χ4n) is 5.47. The van der Waals surface area contributed by atoms with Gasteiger partial charge >= 0.3 is 0 Å². The molecule has 0 saturated heterocycles. The summed E-state index contributed by atoms with van der Waals surface area (Å²) in [5, 5.41) is -0.481. The van der Waals surface area contributed by atoms with E-state index in [9.17, 15) is 17.6 Å². The van der Waals surface area contributed by atoms with Crippen LogP contribution in [0.1, 0.15) is 91.4 Å². The highest BCUT2D eigenvalue weighted by Gasteiger charge is 2.51. The highest BCUT2D eigenvalue weighted by Crippen LogP contribution is 2.52. The molecule has 2 atom stereocenters. The van der Waals surface area contributed by atoms with Gasteiger partial charge in [-0.15, -0.1) is 0 Å². The predicted octanol–water partition coefficient (Wildman–Crippen LogP) is 10.9. The second-order valence-electron chi connectivity index (χ2n) is 11.3. The molecular weight excluding hydrogens is 510 g/mol. The van der Waals surface area contributed by atoms with Crippen LogP contribution in [0.4, 0.5) is 26.3 Å². The fourth-order valence-corrected chi connectivity index (χ4v) is 15.4. The molecule has 36 heavy (non-hydrogen) atoms. The van der Waals surface area contributed by atoms with Gasteiger partial charge in [0, 0.05) is 5.56 Å². The van der Waals surface area contributed by atoms with E-state index >= 15 is 8.78 Å². The van der Waals surface area contributed by atoms with E-state index in [1.165, 1.54) is 0 Å².